The minimum atomic E-state index is -4.86. The summed E-state index contributed by atoms with van der Waals surface area (Å²) in [5.74, 6) is -5.17. The van der Waals surface area contributed by atoms with Crippen LogP contribution in [0.4, 0.5) is 5.69 Å². The lowest BCUT2D eigenvalue weighted by atomic mass is 9.86. The van der Waals surface area contributed by atoms with Crippen LogP contribution >= 0.6 is 7.75 Å². The molecule has 2 aromatic carbocycles. The quantitative estimate of drug-likeness (QED) is 0.284. The van der Waals surface area contributed by atoms with Crippen molar-refractivity contribution in [3.05, 3.63) is 47.5 Å². The standard InChI is InChI=1S/C15H18NO8P/c1-8(9-2-4-10(17)5-3-9)15(20,21)14-12(16-25(22,23)24)6-11(18)7-13(14)19/h2-8,17-21H,1H3,(H3,16,22,23,24). The number of aliphatic hydroxyl groups is 2. The normalized spacial score (nSPS) is 13.5. The third-order valence-electron chi connectivity index (χ3n) is 3.73. The van der Waals surface area contributed by atoms with E-state index in [1.165, 1.54) is 31.2 Å². The molecule has 0 amide bonds. The number of anilines is 1. The third kappa shape index (κ3) is 4.22. The molecule has 9 nitrogen and oxygen atoms in total. The predicted molar refractivity (Wildman–Crippen MR) is 88.1 cm³/mol. The molecule has 8 N–H and O–H groups in total. The smallest absolute Gasteiger partial charge is 0.427 e. The van der Waals surface area contributed by atoms with E-state index in [4.69, 9.17) is 9.79 Å². The van der Waals surface area contributed by atoms with E-state index in [-0.39, 0.29) is 5.75 Å². The van der Waals surface area contributed by atoms with Gasteiger partial charge in [0.05, 0.1) is 11.3 Å². The summed E-state index contributed by atoms with van der Waals surface area (Å²) < 4.78 is 11.2. The van der Waals surface area contributed by atoms with Crippen LogP contribution in [0, 0.1) is 0 Å². The first-order chi connectivity index (χ1) is 11.4. The highest BCUT2D eigenvalue weighted by Gasteiger charge is 2.40. The molecule has 0 aliphatic rings. The summed E-state index contributed by atoms with van der Waals surface area (Å²) in [4.78, 5) is 18.1. The SMILES string of the molecule is CC(c1ccc(O)cc1)C(O)(O)c1c(O)cc(O)cc1NP(=O)(O)O. The molecule has 1 atom stereocenters. The van der Waals surface area contributed by atoms with E-state index in [9.17, 15) is 30.1 Å². The van der Waals surface area contributed by atoms with Crippen LogP contribution in [0.25, 0.3) is 0 Å². The van der Waals surface area contributed by atoms with Gasteiger partial charge in [-0.05, 0) is 17.7 Å². The minimum absolute atomic E-state index is 0.0336. The molecule has 0 aromatic heterocycles. The van der Waals surface area contributed by atoms with Crippen molar-refractivity contribution in [2.24, 2.45) is 0 Å². The van der Waals surface area contributed by atoms with E-state index < -0.39 is 42.2 Å². The van der Waals surface area contributed by atoms with Crippen molar-refractivity contribution in [1.82, 2.24) is 0 Å². The van der Waals surface area contributed by atoms with Gasteiger partial charge in [-0.1, -0.05) is 19.1 Å². The Bertz CT molecular complexity index is 815. The van der Waals surface area contributed by atoms with Crippen molar-refractivity contribution in [3.63, 3.8) is 0 Å². The van der Waals surface area contributed by atoms with Gasteiger partial charge in [-0.25, -0.2) is 4.57 Å². The van der Waals surface area contributed by atoms with Crippen LogP contribution in [-0.4, -0.2) is 35.3 Å². The van der Waals surface area contributed by atoms with Crippen molar-refractivity contribution in [1.29, 1.82) is 0 Å². The molecule has 0 saturated carbocycles. The first-order valence-corrected chi connectivity index (χ1v) is 8.67. The lowest BCUT2D eigenvalue weighted by Gasteiger charge is -2.32. The molecule has 0 bridgehead atoms. The van der Waals surface area contributed by atoms with Gasteiger partial charge in [0.25, 0.3) is 0 Å². The van der Waals surface area contributed by atoms with E-state index >= 15 is 0 Å². The average molecular weight is 371 g/mol. The Balaban J connectivity index is 2.57. The Hall–Kier alpha value is -2.29. The van der Waals surface area contributed by atoms with Gasteiger partial charge in [0.15, 0.2) is 0 Å². The van der Waals surface area contributed by atoms with Crippen LogP contribution in [-0.2, 0) is 10.4 Å². The number of hydrogen-bond donors (Lipinski definition) is 8. The molecule has 0 aliphatic carbocycles. The van der Waals surface area contributed by atoms with Gasteiger partial charge in [0, 0.05) is 18.1 Å². The number of hydrogen-bond acceptors (Lipinski definition) is 6. The molecule has 0 fully saturated rings. The minimum Gasteiger partial charge on any atom is -0.508 e. The van der Waals surface area contributed by atoms with Gasteiger partial charge in [0.2, 0.25) is 5.79 Å². The molecular formula is C15H18NO8P. The summed E-state index contributed by atoms with van der Waals surface area (Å²) in [5.41, 5.74) is -0.784. The Labute approximate surface area is 142 Å². The summed E-state index contributed by atoms with van der Waals surface area (Å²) in [5, 5.41) is 51.8. The molecular weight excluding hydrogens is 353 g/mol. The lowest BCUT2D eigenvalue weighted by molar-refractivity contribution is -0.185. The molecule has 2 aromatic rings. The summed E-state index contributed by atoms with van der Waals surface area (Å²) in [7, 11) is -4.86. The molecule has 0 spiro atoms. The second kappa shape index (κ2) is 6.55. The summed E-state index contributed by atoms with van der Waals surface area (Å²) in [6.07, 6.45) is 0. The first kappa shape index (κ1) is 19.0. The zero-order valence-corrected chi connectivity index (χ0v) is 13.9. The van der Waals surface area contributed by atoms with Crippen molar-refractivity contribution in [3.8, 4) is 17.2 Å². The molecule has 1 unspecified atom stereocenters. The molecule has 136 valence electrons. The maximum absolute atomic E-state index is 11.2. The fraction of sp³-hybridized carbons (Fsp3) is 0.200. The maximum atomic E-state index is 11.2. The van der Waals surface area contributed by atoms with Gasteiger partial charge in [0.1, 0.15) is 17.2 Å². The Kier molecular flexibility index (Phi) is 4.99. The van der Waals surface area contributed by atoms with E-state index in [1.54, 1.807) is 5.09 Å². The van der Waals surface area contributed by atoms with Crippen molar-refractivity contribution < 1.29 is 39.9 Å². The van der Waals surface area contributed by atoms with Gasteiger partial charge in [-0.15, -0.1) is 0 Å². The zero-order chi connectivity index (χ0) is 19.0. The van der Waals surface area contributed by atoms with Crippen LogP contribution in [0.5, 0.6) is 17.2 Å². The topological polar surface area (TPSA) is 171 Å². The van der Waals surface area contributed by atoms with E-state index in [2.05, 4.69) is 0 Å². The van der Waals surface area contributed by atoms with E-state index in [0.717, 1.165) is 12.1 Å². The maximum Gasteiger partial charge on any atom is 0.427 e. The first-order valence-electron chi connectivity index (χ1n) is 7.05. The second-order valence-electron chi connectivity index (χ2n) is 5.58. The molecule has 0 heterocycles. The molecule has 0 radical (unpaired) electrons. The third-order valence-corrected chi connectivity index (χ3v) is 4.27. The Morgan fingerprint density at radius 3 is 2.08 bits per heavy atom. The van der Waals surface area contributed by atoms with Gasteiger partial charge >= 0.3 is 7.75 Å². The summed E-state index contributed by atoms with van der Waals surface area (Å²) >= 11 is 0. The van der Waals surface area contributed by atoms with Crippen LogP contribution < -0.4 is 5.09 Å². The van der Waals surface area contributed by atoms with E-state index in [0.29, 0.717) is 5.56 Å². The number of phenolic OH excluding ortho intramolecular Hbond substituents is 3. The number of nitrogens with one attached hydrogen (secondary N) is 1. The van der Waals surface area contributed by atoms with Gasteiger partial charge in [-0.3, -0.25) is 5.09 Å². The molecule has 0 aliphatic heterocycles. The number of rotatable bonds is 5. The zero-order valence-electron chi connectivity index (χ0n) is 13.0. The number of benzene rings is 2. The van der Waals surface area contributed by atoms with Crippen molar-refractivity contribution >= 4 is 13.4 Å². The molecule has 10 heteroatoms. The fourth-order valence-corrected chi connectivity index (χ4v) is 2.95. The number of phenols is 3. The van der Waals surface area contributed by atoms with E-state index in [1.807, 2.05) is 0 Å². The van der Waals surface area contributed by atoms with Crippen molar-refractivity contribution in [2.75, 3.05) is 5.09 Å². The highest BCUT2D eigenvalue weighted by atomic mass is 31.2. The van der Waals surface area contributed by atoms with Crippen LogP contribution in [0.2, 0.25) is 0 Å². The summed E-state index contributed by atoms with van der Waals surface area (Å²) in [6, 6.07) is 7.16. The molecule has 25 heavy (non-hydrogen) atoms. The monoisotopic (exact) mass is 371 g/mol. The van der Waals surface area contributed by atoms with Crippen LogP contribution in [0.15, 0.2) is 36.4 Å². The fourth-order valence-electron chi connectivity index (χ4n) is 2.46. The summed E-state index contributed by atoms with van der Waals surface area (Å²) in [6.45, 7) is 1.40. The van der Waals surface area contributed by atoms with Crippen LogP contribution in [0.1, 0.15) is 24.0 Å². The molecule has 2 rings (SSSR count). The second-order valence-corrected chi connectivity index (χ2v) is 6.89. The lowest BCUT2D eigenvalue weighted by Crippen LogP contribution is -2.32. The van der Waals surface area contributed by atoms with Crippen molar-refractivity contribution in [2.45, 2.75) is 18.6 Å². The largest absolute Gasteiger partial charge is 0.508 e. The Morgan fingerprint density at radius 2 is 1.56 bits per heavy atom. The predicted octanol–water partition coefficient (Wildman–Crippen LogP) is 1.25. The highest BCUT2D eigenvalue weighted by Crippen LogP contribution is 2.47. The number of aromatic hydroxyl groups is 3. The van der Waals surface area contributed by atoms with Gasteiger partial charge in [-0.2, -0.15) is 0 Å². The average Bonchev–Trinajstić information content (AvgIpc) is 2.44. The van der Waals surface area contributed by atoms with Gasteiger partial charge < -0.3 is 35.3 Å². The van der Waals surface area contributed by atoms with Crippen LogP contribution in [0.3, 0.4) is 0 Å². The molecule has 0 saturated heterocycles. The Morgan fingerprint density at radius 1 is 1.00 bits per heavy atom. The highest BCUT2D eigenvalue weighted by molar-refractivity contribution is 7.53.